The molecular formula is C16H25NOS. The van der Waals surface area contributed by atoms with Crippen molar-refractivity contribution in [2.24, 2.45) is 11.3 Å². The zero-order valence-electron chi connectivity index (χ0n) is 12.4. The van der Waals surface area contributed by atoms with Gasteiger partial charge in [-0.1, -0.05) is 13.8 Å². The molecule has 1 aliphatic heterocycles. The van der Waals surface area contributed by atoms with Crippen LogP contribution in [0.2, 0.25) is 0 Å². The molecule has 19 heavy (non-hydrogen) atoms. The number of nitrogens with one attached hydrogen (secondary N) is 1. The summed E-state index contributed by atoms with van der Waals surface area (Å²) >= 11 is 1.92. The van der Waals surface area contributed by atoms with Crippen molar-refractivity contribution in [1.29, 1.82) is 0 Å². The molecule has 1 saturated carbocycles. The highest BCUT2D eigenvalue weighted by Crippen LogP contribution is 2.52. The topological polar surface area (TPSA) is 21.3 Å². The third kappa shape index (κ3) is 2.37. The Morgan fingerprint density at radius 1 is 1.47 bits per heavy atom. The van der Waals surface area contributed by atoms with Gasteiger partial charge in [0, 0.05) is 39.8 Å². The molecule has 0 bridgehead atoms. The van der Waals surface area contributed by atoms with Crippen LogP contribution < -0.4 is 5.32 Å². The van der Waals surface area contributed by atoms with E-state index in [1.807, 2.05) is 11.3 Å². The van der Waals surface area contributed by atoms with Crippen molar-refractivity contribution in [3.05, 3.63) is 21.9 Å². The fraction of sp³-hybridized carbons (Fsp3) is 0.750. The van der Waals surface area contributed by atoms with Gasteiger partial charge in [0.15, 0.2) is 0 Å². The third-order valence-electron chi connectivity index (χ3n) is 4.87. The van der Waals surface area contributed by atoms with Crippen molar-refractivity contribution in [2.45, 2.75) is 58.7 Å². The van der Waals surface area contributed by atoms with Crippen LogP contribution in [-0.2, 0) is 11.2 Å². The lowest BCUT2D eigenvalue weighted by molar-refractivity contribution is -0.114. The Labute approximate surface area is 120 Å². The molecule has 3 heteroatoms. The van der Waals surface area contributed by atoms with Crippen LogP contribution in [-0.4, -0.2) is 24.8 Å². The molecule has 4 unspecified atom stereocenters. The SMILES string of the molecule is Cc1ccc(CC(C)NC2C3CCOC3C2(C)C)s1. The second-order valence-corrected chi connectivity index (χ2v) is 8.20. The van der Waals surface area contributed by atoms with E-state index < -0.39 is 0 Å². The highest BCUT2D eigenvalue weighted by atomic mass is 32.1. The summed E-state index contributed by atoms with van der Waals surface area (Å²) in [6.45, 7) is 10.1. The molecule has 1 saturated heterocycles. The number of rotatable bonds is 4. The number of ether oxygens (including phenoxy) is 1. The molecule has 2 heterocycles. The van der Waals surface area contributed by atoms with Gasteiger partial charge in [-0.05, 0) is 38.8 Å². The van der Waals surface area contributed by atoms with Crippen molar-refractivity contribution >= 4 is 11.3 Å². The van der Waals surface area contributed by atoms with Crippen molar-refractivity contribution in [2.75, 3.05) is 6.61 Å². The molecule has 1 aliphatic carbocycles. The molecule has 2 fully saturated rings. The lowest BCUT2D eigenvalue weighted by atomic mass is 9.57. The Kier molecular flexibility index (Phi) is 3.48. The minimum Gasteiger partial charge on any atom is -0.377 e. The molecule has 106 valence electrons. The molecule has 1 aromatic heterocycles. The van der Waals surface area contributed by atoms with Gasteiger partial charge < -0.3 is 10.1 Å². The first-order valence-corrected chi connectivity index (χ1v) is 8.23. The smallest absolute Gasteiger partial charge is 0.0685 e. The number of thiophene rings is 1. The minimum absolute atomic E-state index is 0.292. The van der Waals surface area contributed by atoms with Gasteiger partial charge in [-0.3, -0.25) is 0 Å². The second-order valence-electron chi connectivity index (χ2n) is 6.83. The van der Waals surface area contributed by atoms with Gasteiger partial charge in [-0.15, -0.1) is 11.3 Å². The van der Waals surface area contributed by atoms with Crippen LogP contribution in [0, 0.1) is 18.3 Å². The van der Waals surface area contributed by atoms with Crippen molar-refractivity contribution < 1.29 is 4.74 Å². The normalized spacial score (nSPS) is 33.8. The molecule has 0 spiro atoms. The lowest BCUT2D eigenvalue weighted by Gasteiger charge is -2.55. The Morgan fingerprint density at radius 3 is 2.95 bits per heavy atom. The predicted octanol–water partition coefficient (Wildman–Crippen LogP) is 3.39. The summed E-state index contributed by atoms with van der Waals surface area (Å²) in [5, 5.41) is 3.86. The first-order chi connectivity index (χ1) is 8.98. The van der Waals surface area contributed by atoms with Crippen LogP contribution in [0.3, 0.4) is 0 Å². The van der Waals surface area contributed by atoms with E-state index in [4.69, 9.17) is 4.74 Å². The Morgan fingerprint density at radius 2 is 2.26 bits per heavy atom. The maximum absolute atomic E-state index is 5.86. The summed E-state index contributed by atoms with van der Waals surface area (Å²) in [6.07, 6.45) is 2.86. The first-order valence-electron chi connectivity index (χ1n) is 7.41. The summed E-state index contributed by atoms with van der Waals surface area (Å²) < 4.78 is 5.86. The average Bonchev–Trinajstić information content (AvgIpc) is 2.94. The van der Waals surface area contributed by atoms with Crippen molar-refractivity contribution in [3.8, 4) is 0 Å². The van der Waals surface area contributed by atoms with E-state index in [-0.39, 0.29) is 0 Å². The largest absolute Gasteiger partial charge is 0.377 e. The van der Waals surface area contributed by atoms with E-state index in [0.717, 1.165) is 18.9 Å². The Bertz CT molecular complexity index is 453. The first kappa shape index (κ1) is 13.6. The molecule has 0 radical (unpaired) electrons. The Balaban J connectivity index is 1.59. The van der Waals surface area contributed by atoms with Crippen LogP contribution >= 0.6 is 11.3 Å². The molecule has 4 atom stereocenters. The zero-order chi connectivity index (χ0) is 13.6. The molecule has 1 N–H and O–H groups in total. The fourth-order valence-electron chi connectivity index (χ4n) is 3.92. The number of hydrogen-bond acceptors (Lipinski definition) is 3. The van der Waals surface area contributed by atoms with Crippen LogP contribution in [0.15, 0.2) is 12.1 Å². The Hall–Kier alpha value is -0.380. The highest BCUT2D eigenvalue weighted by molar-refractivity contribution is 7.11. The average molecular weight is 279 g/mol. The molecule has 3 rings (SSSR count). The van der Waals surface area contributed by atoms with Gasteiger partial charge in [-0.25, -0.2) is 0 Å². The monoisotopic (exact) mass is 279 g/mol. The fourth-order valence-corrected chi connectivity index (χ4v) is 4.94. The molecule has 2 nitrogen and oxygen atoms in total. The molecule has 0 aromatic carbocycles. The lowest BCUT2D eigenvalue weighted by Crippen LogP contribution is -2.67. The van der Waals surface area contributed by atoms with Crippen LogP contribution in [0.4, 0.5) is 0 Å². The van der Waals surface area contributed by atoms with Crippen LogP contribution in [0.25, 0.3) is 0 Å². The standard InChI is InChI=1S/C16H25NOS/c1-10(9-12-6-5-11(2)19-12)17-14-13-7-8-18-15(13)16(14,3)4/h5-6,10,13-15,17H,7-9H2,1-4H3. The summed E-state index contributed by atoms with van der Waals surface area (Å²) in [5.41, 5.74) is 0.292. The van der Waals surface area contributed by atoms with E-state index in [1.54, 1.807) is 0 Å². The number of fused-ring (bicyclic) bond motifs is 1. The third-order valence-corrected chi connectivity index (χ3v) is 5.89. The maximum Gasteiger partial charge on any atom is 0.0685 e. The van der Waals surface area contributed by atoms with Gasteiger partial charge in [0.1, 0.15) is 0 Å². The minimum atomic E-state index is 0.292. The second kappa shape index (κ2) is 4.87. The van der Waals surface area contributed by atoms with Gasteiger partial charge in [-0.2, -0.15) is 0 Å². The molecule has 2 aliphatic rings. The van der Waals surface area contributed by atoms with Crippen molar-refractivity contribution in [1.82, 2.24) is 5.32 Å². The van der Waals surface area contributed by atoms with Crippen LogP contribution in [0.1, 0.15) is 36.9 Å². The van der Waals surface area contributed by atoms with Gasteiger partial charge >= 0.3 is 0 Å². The van der Waals surface area contributed by atoms with E-state index in [2.05, 4.69) is 45.1 Å². The summed E-state index contributed by atoms with van der Waals surface area (Å²) in [5.74, 6) is 0.738. The highest BCUT2D eigenvalue weighted by Gasteiger charge is 2.59. The van der Waals surface area contributed by atoms with E-state index >= 15 is 0 Å². The van der Waals surface area contributed by atoms with Gasteiger partial charge in [0.2, 0.25) is 0 Å². The molecular weight excluding hydrogens is 254 g/mol. The zero-order valence-corrected chi connectivity index (χ0v) is 13.2. The number of hydrogen-bond donors (Lipinski definition) is 1. The van der Waals surface area contributed by atoms with Crippen LogP contribution in [0.5, 0.6) is 0 Å². The quantitative estimate of drug-likeness (QED) is 0.912. The van der Waals surface area contributed by atoms with E-state index in [9.17, 15) is 0 Å². The molecule has 1 aromatic rings. The number of aryl methyl sites for hydroxylation is 1. The summed E-state index contributed by atoms with van der Waals surface area (Å²) in [4.78, 5) is 2.91. The summed E-state index contributed by atoms with van der Waals surface area (Å²) in [7, 11) is 0. The molecule has 0 amide bonds. The maximum atomic E-state index is 5.86. The van der Waals surface area contributed by atoms with Gasteiger partial charge in [0.05, 0.1) is 6.10 Å². The van der Waals surface area contributed by atoms with E-state index in [1.165, 1.54) is 16.2 Å². The summed E-state index contributed by atoms with van der Waals surface area (Å²) in [6, 6.07) is 5.66. The van der Waals surface area contributed by atoms with Gasteiger partial charge in [0.25, 0.3) is 0 Å². The predicted molar refractivity (Wildman–Crippen MR) is 80.8 cm³/mol. The van der Waals surface area contributed by atoms with Crippen molar-refractivity contribution in [3.63, 3.8) is 0 Å². The van der Waals surface area contributed by atoms with E-state index in [0.29, 0.717) is 23.6 Å².